The summed E-state index contributed by atoms with van der Waals surface area (Å²) in [5.41, 5.74) is 4.94. The summed E-state index contributed by atoms with van der Waals surface area (Å²) in [4.78, 5) is 26.8. The number of hydrogen-bond acceptors (Lipinski definition) is 4. The van der Waals surface area contributed by atoms with Crippen LogP contribution < -0.4 is 15.5 Å². The van der Waals surface area contributed by atoms with Crippen LogP contribution in [0.3, 0.4) is 0 Å². The van der Waals surface area contributed by atoms with E-state index in [1.807, 2.05) is 6.07 Å². The van der Waals surface area contributed by atoms with Crippen LogP contribution in [0, 0.1) is 0 Å². The van der Waals surface area contributed by atoms with Crippen molar-refractivity contribution < 1.29 is 9.59 Å². The molecule has 154 valence electrons. The molecule has 0 atom stereocenters. The van der Waals surface area contributed by atoms with Gasteiger partial charge in [-0.3, -0.25) is 0 Å². The Labute approximate surface area is 195 Å². The number of carbonyl (C=O) groups is 2. The van der Waals surface area contributed by atoms with Crippen LogP contribution in [-0.2, 0) is 15.0 Å². The molecule has 5 nitrogen and oxygen atoms in total. The maximum absolute atomic E-state index is 12.2. The fourth-order valence-electron chi connectivity index (χ4n) is 4.20. The molecule has 1 fully saturated rings. The molecular weight excluding hydrogens is 522 g/mol. The van der Waals surface area contributed by atoms with E-state index in [9.17, 15) is 9.59 Å². The second kappa shape index (κ2) is 7.45. The van der Waals surface area contributed by atoms with E-state index in [1.165, 1.54) is 26.2 Å². The zero-order valence-electron chi connectivity index (χ0n) is 16.9. The van der Waals surface area contributed by atoms with Gasteiger partial charge in [0.05, 0.1) is 0 Å². The van der Waals surface area contributed by atoms with Gasteiger partial charge >= 0.3 is 196 Å². The molecule has 3 aromatic rings. The van der Waals surface area contributed by atoms with Crippen molar-refractivity contribution in [3.63, 3.8) is 0 Å². The van der Waals surface area contributed by atoms with Gasteiger partial charge in [-0.15, -0.1) is 0 Å². The average Bonchev–Trinajstić information content (AvgIpc) is 3.19. The minimum atomic E-state index is -0.816. The quantitative estimate of drug-likeness (QED) is 0.225. The third-order valence-corrected chi connectivity index (χ3v) is 8.81. The van der Waals surface area contributed by atoms with Crippen molar-refractivity contribution in [2.24, 2.45) is 0 Å². The van der Waals surface area contributed by atoms with Crippen LogP contribution in [0.4, 0.5) is 15.1 Å². The molecule has 0 saturated carbocycles. The molecule has 0 aliphatic carbocycles. The van der Waals surface area contributed by atoms with Crippen LogP contribution in [0.5, 0.6) is 0 Å². The van der Waals surface area contributed by atoms with E-state index in [4.69, 9.17) is 12.2 Å². The van der Waals surface area contributed by atoms with Crippen molar-refractivity contribution in [3.8, 4) is 0 Å². The van der Waals surface area contributed by atoms with E-state index < -0.39 is 32.2 Å². The molecule has 2 N–H and O–H groups in total. The van der Waals surface area contributed by atoms with Gasteiger partial charge in [0.1, 0.15) is 0 Å². The summed E-state index contributed by atoms with van der Waals surface area (Å²) in [6.07, 6.45) is 1.70. The standard InChI is InChI=1S/C24H19N3O2STe/c1-24(2)16-7-3-5-9-18(16)27(19-10-6-4-8-17(19)24)20-12-11-14(31-20)13-15-21(28)25-23(30)26-22(15)29/h3-13H,1-2H3,(H2,25,26,28,29,30). The summed E-state index contributed by atoms with van der Waals surface area (Å²) in [5, 5.41) is 5.04. The van der Waals surface area contributed by atoms with Gasteiger partial charge in [0, 0.05) is 0 Å². The summed E-state index contributed by atoms with van der Waals surface area (Å²) in [7, 11) is 0. The molecule has 2 aliphatic rings. The van der Waals surface area contributed by atoms with Gasteiger partial charge in [0.2, 0.25) is 0 Å². The number of hydrogen-bond donors (Lipinski definition) is 2. The molecule has 0 radical (unpaired) electrons. The molecule has 2 amide bonds. The maximum atomic E-state index is 12.2. The summed E-state index contributed by atoms with van der Waals surface area (Å²) in [6.45, 7) is 4.53. The van der Waals surface area contributed by atoms with Crippen LogP contribution in [0.2, 0.25) is 0 Å². The van der Waals surface area contributed by atoms with E-state index in [0.717, 1.165) is 3.58 Å². The number of carbonyl (C=O) groups excluding carboxylic acids is 2. The number of thiocarbonyl (C=S) groups is 1. The van der Waals surface area contributed by atoms with E-state index in [-0.39, 0.29) is 16.1 Å². The van der Waals surface area contributed by atoms with Crippen LogP contribution in [0.15, 0.2) is 66.2 Å². The summed E-state index contributed by atoms with van der Waals surface area (Å²) in [5.74, 6) is -0.906. The van der Waals surface area contributed by atoms with Gasteiger partial charge in [-0.1, -0.05) is 0 Å². The number of rotatable bonds is 2. The van der Waals surface area contributed by atoms with Gasteiger partial charge < -0.3 is 0 Å². The Hall–Kier alpha value is -2.72. The van der Waals surface area contributed by atoms with E-state index >= 15 is 0 Å². The number of fused-ring (bicyclic) bond motifs is 2. The molecular formula is C24H19N3O2STe. The monoisotopic (exact) mass is 543 g/mol. The molecule has 7 heteroatoms. The second-order valence-corrected chi connectivity index (χ2v) is 11.5. The Bertz CT molecular complexity index is 1220. The predicted octanol–water partition coefficient (Wildman–Crippen LogP) is 3.77. The van der Waals surface area contributed by atoms with Crippen LogP contribution in [-0.4, -0.2) is 37.4 Å². The Morgan fingerprint density at radius 1 is 0.871 bits per heavy atom. The fourth-order valence-corrected chi connectivity index (χ4v) is 7.17. The molecule has 2 aromatic carbocycles. The zero-order chi connectivity index (χ0) is 21.8. The number of nitrogens with one attached hydrogen (secondary N) is 2. The second-order valence-electron chi connectivity index (χ2n) is 7.97. The Morgan fingerprint density at radius 2 is 1.42 bits per heavy atom. The first-order chi connectivity index (χ1) is 14.9. The van der Waals surface area contributed by atoms with Crippen molar-refractivity contribution in [2.45, 2.75) is 19.3 Å². The molecule has 1 saturated heterocycles. The minimum absolute atomic E-state index is 0.0481. The first-order valence-electron chi connectivity index (χ1n) is 9.83. The van der Waals surface area contributed by atoms with Crippen molar-refractivity contribution in [2.75, 3.05) is 4.90 Å². The van der Waals surface area contributed by atoms with Gasteiger partial charge in [-0.05, 0) is 0 Å². The van der Waals surface area contributed by atoms with Gasteiger partial charge in [-0.2, -0.15) is 0 Å². The normalized spacial score (nSPS) is 16.9. The number of anilines is 3. The van der Waals surface area contributed by atoms with Gasteiger partial charge in [0.15, 0.2) is 0 Å². The Balaban J connectivity index is 1.61. The first kappa shape index (κ1) is 20.2. The van der Waals surface area contributed by atoms with Crippen molar-refractivity contribution >= 4 is 70.7 Å². The third kappa shape index (κ3) is 3.34. The Morgan fingerprint density at radius 3 is 2.00 bits per heavy atom. The predicted molar refractivity (Wildman–Crippen MR) is 127 cm³/mol. The van der Waals surface area contributed by atoms with Crippen molar-refractivity contribution in [3.05, 3.63) is 80.9 Å². The number of para-hydroxylation sites is 2. The van der Waals surface area contributed by atoms with Gasteiger partial charge in [0.25, 0.3) is 0 Å². The van der Waals surface area contributed by atoms with Crippen molar-refractivity contribution in [1.29, 1.82) is 0 Å². The van der Waals surface area contributed by atoms with Crippen LogP contribution >= 0.6 is 12.2 Å². The number of amides is 2. The fraction of sp³-hybridized carbons (Fsp3) is 0.125. The van der Waals surface area contributed by atoms with Crippen LogP contribution in [0.25, 0.3) is 6.08 Å². The molecule has 2 aliphatic heterocycles. The molecule has 0 spiro atoms. The summed E-state index contributed by atoms with van der Waals surface area (Å²) in [6, 6.07) is 21.2. The Kier molecular flexibility index (Phi) is 4.86. The number of benzene rings is 2. The molecule has 31 heavy (non-hydrogen) atoms. The summed E-state index contributed by atoms with van der Waals surface area (Å²) < 4.78 is 2.24. The van der Waals surface area contributed by atoms with E-state index in [1.54, 1.807) is 6.08 Å². The molecule has 3 heterocycles. The van der Waals surface area contributed by atoms with E-state index in [2.05, 4.69) is 84.0 Å². The topological polar surface area (TPSA) is 61.4 Å². The SMILES string of the molecule is CC1(C)c2ccccc2N(c2ccc(C=C3C(=O)NC(=S)NC3=O)[te]2)c2ccccc21. The van der Waals surface area contributed by atoms with Crippen LogP contribution in [0.1, 0.15) is 28.6 Å². The molecule has 0 bridgehead atoms. The molecule has 5 rings (SSSR count). The van der Waals surface area contributed by atoms with Crippen molar-refractivity contribution in [1.82, 2.24) is 10.6 Å². The van der Waals surface area contributed by atoms with Gasteiger partial charge in [-0.25, -0.2) is 0 Å². The van der Waals surface area contributed by atoms with E-state index in [0.29, 0.717) is 0 Å². The average molecular weight is 541 g/mol. The molecule has 0 unspecified atom stereocenters. The first-order valence-corrected chi connectivity index (χ1v) is 12.6. The zero-order valence-corrected chi connectivity index (χ0v) is 20.1. The number of nitrogens with zero attached hydrogens (tertiary/aromatic N) is 1. The third-order valence-electron chi connectivity index (χ3n) is 5.70. The summed E-state index contributed by atoms with van der Waals surface area (Å²) >= 11 is 4.06. The molecule has 1 aromatic heterocycles.